The van der Waals surface area contributed by atoms with Crippen molar-refractivity contribution in [2.45, 2.75) is 46.2 Å². The average molecular weight is 299 g/mol. The number of halogens is 1. The molecule has 1 aliphatic rings. The molecule has 5 heteroatoms. The monoisotopic (exact) mass is 298 g/mol. The number of likely N-dealkylation sites (tertiary alicyclic amines) is 1. The molecule has 0 bridgehead atoms. The maximum atomic E-state index is 6.42. The highest BCUT2D eigenvalue weighted by Crippen LogP contribution is 2.22. The Morgan fingerprint density at radius 1 is 1.30 bits per heavy atom. The van der Waals surface area contributed by atoms with Gasteiger partial charge in [-0.05, 0) is 58.8 Å². The highest BCUT2D eigenvalue weighted by Gasteiger charge is 2.17. The Morgan fingerprint density at radius 3 is 2.60 bits per heavy atom. The van der Waals surface area contributed by atoms with Crippen molar-refractivity contribution in [1.29, 1.82) is 0 Å². The molecule has 0 radical (unpaired) electrons. The first-order valence-electron chi connectivity index (χ1n) is 7.79. The average Bonchev–Trinajstić information content (AvgIpc) is 2.77. The standard InChI is InChI=1S/C15H27ClN4/c1-4-13-15(16)14(20(5-2)18-13)11-17-10-12-6-8-19(3)9-7-12/h12,17H,4-11H2,1-3H3. The second-order valence-corrected chi connectivity index (χ2v) is 6.13. The van der Waals surface area contributed by atoms with Gasteiger partial charge in [-0.25, -0.2) is 0 Å². The SMILES string of the molecule is CCc1nn(CC)c(CNCC2CCN(C)CC2)c1Cl. The largest absolute Gasteiger partial charge is 0.311 e. The predicted molar refractivity (Wildman–Crippen MR) is 84.2 cm³/mol. The van der Waals surface area contributed by atoms with E-state index in [1.165, 1.54) is 25.9 Å². The zero-order chi connectivity index (χ0) is 14.5. The number of hydrogen-bond donors (Lipinski definition) is 1. The summed E-state index contributed by atoms with van der Waals surface area (Å²) >= 11 is 6.42. The van der Waals surface area contributed by atoms with Crippen LogP contribution < -0.4 is 5.32 Å². The molecule has 0 aromatic carbocycles. The molecule has 1 saturated heterocycles. The maximum absolute atomic E-state index is 6.42. The van der Waals surface area contributed by atoms with Gasteiger partial charge in [-0.15, -0.1) is 0 Å². The van der Waals surface area contributed by atoms with Crippen molar-refractivity contribution >= 4 is 11.6 Å². The fraction of sp³-hybridized carbons (Fsp3) is 0.800. The molecule has 0 amide bonds. The summed E-state index contributed by atoms with van der Waals surface area (Å²) in [6.07, 6.45) is 3.49. The number of aryl methyl sites for hydroxylation is 2. The first kappa shape index (κ1) is 15.8. The lowest BCUT2D eigenvalue weighted by Crippen LogP contribution is -2.35. The smallest absolute Gasteiger partial charge is 0.0863 e. The second-order valence-electron chi connectivity index (χ2n) is 5.75. The van der Waals surface area contributed by atoms with Gasteiger partial charge < -0.3 is 10.2 Å². The van der Waals surface area contributed by atoms with E-state index in [2.05, 4.69) is 36.2 Å². The molecule has 0 unspecified atom stereocenters. The zero-order valence-electron chi connectivity index (χ0n) is 13.0. The fourth-order valence-corrected chi connectivity index (χ4v) is 3.18. The Balaban J connectivity index is 1.86. The van der Waals surface area contributed by atoms with Crippen LogP contribution in [0.25, 0.3) is 0 Å². The summed E-state index contributed by atoms with van der Waals surface area (Å²) in [5.41, 5.74) is 2.16. The third kappa shape index (κ3) is 3.74. The van der Waals surface area contributed by atoms with Crippen molar-refractivity contribution in [3.05, 3.63) is 16.4 Å². The van der Waals surface area contributed by atoms with Crippen molar-refractivity contribution in [2.75, 3.05) is 26.7 Å². The Bertz CT molecular complexity index is 422. The minimum Gasteiger partial charge on any atom is -0.311 e. The molecule has 114 valence electrons. The number of rotatable bonds is 6. The lowest BCUT2D eigenvalue weighted by atomic mass is 9.97. The van der Waals surface area contributed by atoms with Gasteiger partial charge in [0.25, 0.3) is 0 Å². The lowest BCUT2D eigenvalue weighted by Gasteiger charge is -2.29. The molecule has 1 N–H and O–H groups in total. The number of hydrogen-bond acceptors (Lipinski definition) is 3. The number of nitrogens with one attached hydrogen (secondary N) is 1. The molecule has 2 rings (SSSR count). The van der Waals surface area contributed by atoms with Gasteiger partial charge in [0.1, 0.15) is 0 Å². The van der Waals surface area contributed by atoms with Crippen LogP contribution in [0.3, 0.4) is 0 Å². The van der Waals surface area contributed by atoms with Crippen LogP contribution >= 0.6 is 11.6 Å². The summed E-state index contributed by atoms with van der Waals surface area (Å²) in [6.45, 7) is 9.45. The number of aromatic nitrogens is 2. The van der Waals surface area contributed by atoms with Gasteiger partial charge in [-0.1, -0.05) is 18.5 Å². The number of nitrogens with zero attached hydrogens (tertiary/aromatic N) is 3. The van der Waals surface area contributed by atoms with Crippen LogP contribution in [0.1, 0.15) is 38.1 Å². The van der Waals surface area contributed by atoms with E-state index < -0.39 is 0 Å². The van der Waals surface area contributed by atoms with E-state index >= 15 is 0 Å². The summed E-state index contributed by atoms with van der Waals surface area (Å²) in [4.78, 5) is 2.41. The van der Waals surface area contributed by atoms with Crippen LogP contribution in [0, 0.1) is 5.92 Å². The maximum Gasteiger partial charge on any atom is 0.0863 e. The molecule has 0 aliphatic carbocycles. The van der Waals surface area contributed by atoms with Crippen molar-refractivity contribution < 1.29 is 0 Å². The van der Waals surface area contributed by atoms with Gasteiger partial charge >= 0.3 is 0 Å². The number of piperidine rings is 1. The predicted octanol–water partition coefficient (Wildman–Crippen LogP) is 2.55. The Hall–Kier alpha value is -0.580. The van der Waals surface area contributed by atoms with Gasteiger partial charge in [-0.2, -0.15) is 5.10 Å². The molecule has 0 saturated carbocycles. The van der Waals surface area contributed by atoms with E-state index in [0.29, 0.717) is 0 Å². The van der Waals surface area contributed by atoms with Crippen molar-refractivity contribution in [1.82, 2.24) is 20.0 Å². The van der Waals surface area contributed by atoms with Crippen molar-refractivity contribution in [3.63, 3.8) is 0 Å². The molecule has 20 heavy (non-hydrogen) atoms. The molecular weight excluding hydrogens is 272 g/mol. The highest BCUT2D eigenvalue weighted by atomic mass is 35.5. The Labute approximate surface area is 127 Å². The summed E-state index contributed by atoms with van der Waals surface area (Å²) in [5, 5.41) is 8.99. The fourth-order valence-electron chi connectivity index (χ4n) is 2.85. The second kappa shape index (κ2) is 7.43. The van der Waals surface area contributed by atoms with E-state index in [-0.39, 0.29) is 0 Å². The summed E-state index contributed by atoms with van der Waals surface area (Å²) in [6, 6.07) is 0. The minimum atomic E-state index is 0.800. The molecule has 0 spiro atoms. The first-order valence-corrected chi connectivity index (χ1v) is 8.16. The molecule has 4 nitrogen and oxygen atoms in total. The van der Waals surface area contributed by atoms with Crippen molar-refractivity contribution in [2.24, 2.45) is 5.92 Å². The van der Waals surface area contributed by atoms with E-state index in [9.17, 15) is 0 Å². The van der Waals surface area contributed by atoms with Crippen LogP contribution in [-0.2, 0) is 19.5 Å². The van der Waals surface area contributed by atoms with Crippen LogP contribution in [0.2, 0.25) is 5.02 Å². The molecule has 1 fully saturated rings. The third-order valence-corrected chi connectivity index (χ3v) is 4.69. The molecular formula is C15H27ClN4. The first-order chi connectivity index (χ1) is 9.65. The summed E-state index contributed by atoms with van der Waals surface area (Å²) in [7, 11) is 2.20. The molecule has 1 aromatic rings. The van der Waals surface area contributed by atoms with Gasteiger partial charge in [0.15, 0.2) is 0 Å². The van der Waals surface area contributed by atoms with E-state index in [4.69, 9.17) is 11.6 Å². The minimum absolute atomic E-state index is 0.800. The van der Waals surface area contributed by atoms with Crippen LogP contribution in [0.4, 0.5) is 0 Å². The highest BCUT2D eigenvalue weighted by molar-refractivity contribution is 6.31. The topological polar surface area (TPSA) is 33.1 Å². The molecule has 1 aromatic heterocycles. The summed E-state index contributed by atoms with van der Waals surface area (Å²) in [5.74, 6) is 0.800. The third-order valence-electron chi connectivity index (χ3n) is 4.26. The molecule has 1 aliphatic heterocycles. The van der Waals surface area contributed by atoms with Gasteiger partial charge in [0, 0.05) is 13.1 Å². The molecule has 0 atom stereocenters. The van der Waals surface area contributed by atoms with Gasteiger partial charge in [-0.3, -0.25) is 4.68 Å². The van der Waals surface area contributed by atoms with Crippen LogP contribution in [-0.4, -0.2) is 41.4 Å². The Kier molecular flexibility index (Phi) is 5.87. The summed E-state index contributed by atoms with van der Waals surface area (Å²) < 4.78 is 2.03. The van der Waals surface area contributed by atoms with Crippen LogP contribution in [0.15, 0.2) is 0 Å². The zero-order valence-corrected chi connectivity index (χ0v) is 13.7. The molecule has 2 heterocycles. The van der Waals surface area contributed by atoms with E-state index in [0.717, 1.165) is 48.4 Å². The van der Waals surface area contributed by atoms with Crippen molar-refractivity contribution in [3.8, 4) is 0 Å². The lowest BCUT2D eigenvalue weighted by molar-refractivity contribution is 0.215. The van der Waals surface area contributed by atoms with E-state index in [1.54, 1.807) is 0 Å². The Morgan fingerprint density at radius 2 is 2.00 bits per heavy atom. The van der Waals surface area contributed by atoms with Gasteiger partial charge in [0.05, 0.1) is 16.4 Å². The van der Waals surface area contributed by atoms with Gasteiger partial charge in [0.2, 0.25) is 0 Å². The normalized spacial score (nSPS) is 17.8. The van der Waals surface area contributed by atoms with E-state index in [1.807, 2.05) is 4.68 Å². The quantitative estimate of drug-likeness (QED) is 0.876. The van der Waals surface area contributed by atoms with Crippen LogP contribution in [0.5, 0.6) is 0 Å².